The van der Waals surface area contributed by atoms with Crippen LogP contribution in [0.4, 0.5) is 5.69 Å². The molecule has 1 fully saturated rings. The van der Waals surface area contributed by atoms with E-state index < -0.39 is 10.0 Å². The highest BCUT2D eigenvalue weighted by Crippen LogP contribution is 2.20. The van der Waals surface area contributed by atoms with Crippen LogP contribution in [0, 0.1) is 0 Å². The summed E-state index contributed by atoms with van der Waals surface area (Å²) in [5, 5.41) is 0. The van der Waals surface area contributed by atoms with Gasteiger partial charge in [0.15, 0.2) is 0 Å². The lowest BCUT2D eigenvalue weighted by molar-refractivity contribution is -0.125. The molecule has 3 rings (SSSR count). The standard InChI is InChI=1S/C22H26N2O4S/c1-28-20-11-9-19(10-12-20)23-29(26,27)21-13-6-18(7-14-21)8-15-22(25)24-16-4-2-3-5-17-24/h6-15,23H,2-5,16-17H2,1H3/b15-8+. The first kappa shape index (κ1) is 20.9. The van der Waals surface area contributed by atoms with Gasteiger partial charge in [-0.25, -0.2) is 8.42 Å². The molecule has 1 aliphatic rings. The number of amides is 1. The van der Waals surface area contributed by atoms with Crippen LogP contribution in [0.5, 0.6) is 5.75 Å². The average Bonchev–Trinajstić information content (AvgIpc) is 3.02. The van der Waals surface area contributed by atoms with Crippen molar-refractivity contribution in [1.82, 2.24) is 4.90 Å². The fraction of sp³-hybridized carbons (Fsp3) is 0.318. The van der Waals surface area contributed by atoms with Crippen LogP contribution in [0.25, 0.3) is 6.08 Å². The van der Waals surface area contributed by atoms with Gasteiger partial charge in [-0.05, 0) is 60.9 Å². The van der Waals surface area contributed by atoms with Crippen LogP contribution in [-0.4, -0.2) is 39.4 Å². The molecule has 0 aromatic heterocycles. The number of likely N-dealkylation sites (tertiary alicyclic amines) is 1. The Morgan fingerprint density at radius 1 is 0.966 bits per heavy atom. The SMILES string of the molecule is COc1ccc(NS(=O)(=O)c2ccc(/C=C/C(=O)N3CCCCCC3)cc2)cc1. The number of carbonyl (C=O) groups excluding carboxylic acids is 1. The number of hydrogen-bond donors (Lipinski definition) is 1. The molecule has 1 heterocycles. The number of benzene rings is 2. The largest absolute Gasteiger partial charge is 0.497 e. The van der Waals surface area contributed by atoms with Crippen molar-refractivity contribution in [2.45, 2.75) is 30.6 Å². The predicted octanol–water partition coefficient (Wildman–Crippen LogP) is 3.91. The molecule has 0 unspecified atom stereocenters. The zero-order valence-corrected chi connectivity index (χ0v) is 17.3. The summed E-state index contributed by atoms with van der Waals surface area (Å²) >= 11 is 0. The lowest BCUT2D eigenvalue weighted by atomic mass is 10.2. The van der Waals surface area contributed by atoms with Gasteiger partial charge in [-0.3, -0.25) is 9.52 Å². The second kappa shape index (κ2) is 9.60. The lowest BCUT2D eigenvalue weighted by Gasteiger charge is -2.17. The first-order chi connectivity index (χ1) is 14.0. The van der Waals surface area contributed by atoms with Crippen molar-refractivity contribution in [1.29, 1.82) is 0 Å². The fourth-order valence-corrected chi connectivity index (χ4v) is 4.25. The molecule has 29 heavy (non-hydrogen) atoms. The smallest absolute Gasteiger partial charge is 0.261 e. The monoisotopic (exact) mass is 414 g/mol. The summed E-state index contributed by atoms with van der Waals surface area (Å²) in [5.74, 6) is 0.656. The summed E-state index contributed by atoms with van der Waals surface area (Å²) in [6, 6.07) is 13.1. The molecule has 0 radical (unpaired) electrons. The van der Waals surface area contributed by atoms with E-state index in [1.165, 1.54) is 25.0 Å². The number of nitrogens with one attached hydrogen (secondary N) is 1. The quantitative estimate of drug-likeness (QED) is 0.727. The first-order valence-corrected chi connectivity index (χ1v) is 11.2. The summed E-state index contributed by atoms with van der Waals surface area (Å²) < 4.78 is 32.7. The van der Waals surface area contributed by atoms with Gasteiger partial charge in [0.2, 0.25) is 5.91 Å². The summed E-state index contributed by atoms with van der Waals surface area (Å²) in [5.41, 5.74) is 1.23. The Bertz CT molecular complexity index is 943. The van der Waals surface area contributed by atoms with Crippen molar-refractivity contribution in [3.8, 4) is 5.75 Å². The Morgan fingerprint density at radius 2 is 1.59 bits per heavy atom. The van der Waals surface area contributed by atoms with Crippen molar-refractivity contribution in [2.75, 3.05) is 24.9 Å². The van der Waals surface area contributed by atoms with Crippen molar-refractivity contribution < 1.29 is 17.9 Å². The molecule has 2 aromatic rings. The van der Waals surface area contributed by atoms with E-state index in [1.807, 2.05) is 4.90 Å². The number of sulfonamides is 1. The van der Waals surface area contributed by atoms with E-state index in [0.29, 0.717) is 11.4 Å². The summed E-state index contributed by atoms with van der Waals surface area (Å²) in [6.45, 7) is 1.61. The molecule has 0 spiro atoms. The molecule has 154 valence electrons. The highest BCUT2D eigenvalue weighted by Gasteiger charge is 2.15. The van der Waals surface area contributed by atoms with E-state index >= 15 is 0 Å². The molecule has 1 saturated heterocycles. The van der Waals surface area contributed by atoms with Gasteiger partial charge in [-0.2, -0.15) is 0 Å². The molecule has 0 aliphatic carbocycles. The number of hydrogen-bond acceptors (Lipinski definition) is 4. The van der Waals surface area contributed by atoms with Gasteiger partial charge in [0.25, 0.3) is 10.0 Å². The number of anilines is 1. The van der Waals surface area contributed by atoms with Crippen LogP contribution < -0.4 is 9.46 Å². The maximum Gasteiger partial charge on any atom is 0.261 e. The number of methoxy groups -OCH3 is 1. The van der Waals surface area contributed by atoms with Gasteiger partial charge in [-0.15, -0.1) is 0 Å². The minimum Gasteiger partial charge on any atom is -0.497 e. The van der Waals surface area contributed by atoms with E-state index in [9.17, 15) is 13.2 Å². The summed E-state index contributed by atoms with van der Waals surface area (Å²) in [6.07, 6.45) is 7.73. The summed E-state index contributed by atoms with van der Waals surface area (Å²) in [7, 11) is -2.14. The molecular weight excluding hydrogens is 388 g/mol. The molecule has 0 bridgehead atoms. The molecule has 1 aliphatic heterocycles. The van der Waals surface area contributed by atoms with E-state index in [4.69, 9.17) is 4.74 Å². The average molecular weight is 415 g/mol. The maximum absolute atomic E-state index is 12.6. The minimum atomic E-state index is -3.69. The Hall–Kier alpha value is -2.80. The fourth-order valence-electron chi connectivity index (χ4n) is 3.20. The number of ether oxygens (including phenoxy) is 1. The zero-order valence-electron chi connectivity index (χ0n) is 16.5. The molecular formula is C22H26N2O4S. The normalized spacial score (nSPS) is 15.1. The zero-order chi connectivity index (χ0) is 20.7. The third kappa shape index (κ3) is 5.84. The first-order valence-electron chi connectivity index (χ1n) is 9.72. The minimum absolute atomic E-state index is 0.00442. The van der Waals surface area contributed by atoms with Crippen LogP contribution in [0.15, 0.2) is 59.5 Å². The van der Waals surface area contributed by atoms with E-state index in [1.54, 1.807) is 55.7 Å². The second-order valence-electron chi connectivity index (χ2n) is 6.98. The van der Waals surface area contributed by atoms with Gasteiger partial charge in [0, 0.05) is 24.9 Å². The van der Waals surface area contributed by atoms with Gasteiger partial charge < -0.3 is 9.64 Å². The van der Waals surface area contributed by atoms with Crippen LogP contribution >= 0.6 is 0 Å². The Balaban J connectivity index is 1.64. The third-order valence-electron chi connectivity index (χ3n) is 4.87. The molecule has 7 heteroatoms. The predicted molar refractivity (Wildman–Crippen MR) is 114 cm³/mol. The van der Waals surface area contributed by atoms with Crippen molar-refractivity contribution in [3.63, 3.8) is 0 Å². The van der Waals surface area contributed by atoms with Crippen LogP contribution in [0.1, 0.15) is 31.2 Å². The topological polar surface area (TPSA) is 75.7 Å². The van der Waals surface area contributed by atoms with Crippen molar-refractivity contribution >= 4 is 27.7 Å². The molecule has 2 aromatic carbocycles. The van der Waals surface area contributed by atoms with Gasteiger partial charge in [0.1, 0.15) is 5.75 Å². The van der Waals surface area contributed by atoms with Crippen molar-refractivity contribution in [2.24, 2.45) is 0 Å². The van der Waals surface area contributed by atoms with Crippen LogP contribution in [0.3, 0.4) is 0 Å². The Labute approximate surface area is 172 Å². The number of nitrogens with zero attached hydrogens (tertiary/aromatic N) is 1. The Kier molecular flexibility index (Phi) is 6.93. The van der Waals surface area contributed by atoms with E-state index in [2.05, 4.69) is 4.72 Å². The number of rotatable bonds is 6. The highest BCUT2D eigenvalue weighted by molar-refractivity contribution is 7.92. The van der Waals surface area contributed by atoms with E-state index in [0.717, 1.165) is 31.5 Å². The van der Waals surface area contributed by atoms with Crippen LogP contribution in [-0.2, 0) is 14.8 Å². The highest BCUT2D eigenvalue weighted by atomic mass is 32.2. The van der Waals surface area contributed by atoms with E-state index in [-0.39, 0.29) is 10.8 Å². The van der Waals surface area contributed by atoms with Crippen molar-refractivity contribution in [3.05, 3.63) is 60.2 Å². The van der Waals surface area contributed by atoms with Gasteiger partial charge in [0.05, 0.1) is 12.0 Å². The molecule has 6 nitrogen and oxygen atoms in total. The van der Waals surface area contributed by atoms with Gasteiger partial charge in [-0.1, -0.05) is 25.0 Å². The third-order valence-corrected chi connectivity index (χ3v) is 6.27. The lowest BCUT2D eigenvalue weighted by Crippen LogP contribution is -2.30. The van der Waals surface area contributed by atoms with Gasteiger partial charge >= 0.3 is 0 Å². The molecule has 1 N–H and O–H groups in total. The molecule has 0 atom stereocenters. The maximum atomic E-state index is 12.6. The van der Waals surface area contributed by atoms with Crippen LogP contribution in [0.2, 0.25) is 0 Å². The Morgan fingerprint density at radius 3 is 2.17 bits per heavy atom. The molecule has 1 amide bonds. The molecule has 0 saturated carbocycles. The summed E-state index contributed by atoms with van der Waals surface area (Å²) in [4.78, 5) is 14.4. The second-order valence-corrected chi connectivity index (χ2v) is 8.66. The number of carbonyl (C=O) groups is 1.